The molecule has 1 N–H and O–H groups in total. The van der Waals surface area contributed by atoms with Crippen LogP contribution >= 0.6 is 23.2 Å². The lowest BCUT2D eigenvalue weighted by molar-refractivity contribution is 0.0696. The summed E-state index contributed by atoms with van der Waals surface area (Å²) in [6.07, 6.45) is 1.57. The molecule has 2 aromatic heterocycles. The summed E-state index contributed by atoms with van der Waals surface area (Å²) in [4.78, 5) is 24.3. The number of pyridine rings is 1. The Morgan fingerprint density at radius 2 is 1.59 bits per heavy atom. The van der Waals surface area contributed by atoms with E-state index in [1.54, 1.807) is 42.6 Å². The molecular formula is C22H12Cl2FNO3. The topological polar surface area (TPSA) is 58.8 Å². The van der Waals surface area contributed by atoms with Crippen LogP contribution in [0, 0.1) is 5.82 Å². The Bertz CT molecular complexity index is 1260. The van der Waals surface area contributed by atoms with Crippen molar-refractivity contribution in [2.24, 2.45) is 0 Å². The minimum atomic E-state index is -1.06. The zero-order valence-corrected chi connectivity index (χ0v) is 16.2. The van der Waals surface area contributed by atoms with Gasteiger partial charge in [-0.15, -0.1) is 0 Å². The standard InChI is InChI=1S/C22H12Cl2FNO3/c23-15-3-1-4-16(24)19(15)21(27)18-11-14(20-17(25)5-2-10-26(18)20)12-6-8-13(9-7-12)22(28)29/h1-11H,(H,28,29). The van der Waals surface area contributed by atoms with E-state index in [4.69, 9.17) is 28.3 Å². The van der Waals surface area contributed by atoms with Gasteiger partial charge < -0.3 is 9.51 Å². The van der Waals surface area contributed by atoms with Crippen molar-refractivity contribution in [3.05, 3.63) is 99.5 Å². The maximum atomic E-state index is 14.7. The first-order valence-corrected chi connectivity index (χ1v) is 9.26. The lowest BCUT2D eigenvalue weighted by Crippen LogP contribution is -2.07. The van der Waals surface area contributed by atoms with Gasteiger partial charge in [-0.3, -0.25) is 4.79 Å². The molecule has 0 unspecified atom stereocenters. The smallest absolute Gasteiger partial charge is 0.335 e. The Labute approximate surface area is 174 Å². The van der Waals surface area contributed by atoms with Crippen molar-refractivity contribution < 1.29 is 19.1 Å². The summed E-state index contributed by atoms with van der Waals surface area (Å²) in [5.74, 6) is -2.03. The molecule has 0 spiro atoms. The average molecular weight is 428 g/mol. The number of carbonyl (C=O) groups excluding carboxylic acids is 1. The van der Waals surface area contributed by atoms with Crippen LogP contribution in [0.1, 0.15) is 26.4 Å². The third kappa shape index (κ3) is 3.28. The van der Waals surface area contributed by atoms with Crippen LogP contribution < -0.4 is 0 Å². The minimum Gasteiger partial charge on any atom is -0.478 e. The van der Waals surface area contributed by atoms with E-state index in [1.807, 2.05) is 0 Å². The summed E-state index contributed by atoms with van der Waals surface area (Å²) in [7, 11) is 0. The van der Waals surface area contributed by atoms with Crippen LogP contribution in [0.25, 0.3) is 16.6 Å². The third-order valence-electron chi connectivity index (χ3n) is 4.61. The second-order valence-electron chi connectivity index (χ2n) is 6.33. The molecule has 0 atom stereocenters. The van der Waals surface area contributed by atoms with Gasteiger partial charge in [0.25, 0.3) is 0 Å². The van der Waals surface area contributed by atoms with Crippen molar-refractivity contribution in [1.29, 1.82) is 0 Å². The fourth-order valence-corrected chi connectivity index (χ4v) is 3.82. The third-order valence-corrected chi connectivity index (χ3v) is 5.24. The fourth-order valence-electron chi connectivity index (χ4n) is 3.25. The van der Waals surface area contributed by atoms with Crippen LogP contribution in [0.3, 0.4) is 0 Å². The molecule has 144 valence electrons. The number of carbonyl (C=O) groups is 2. The first-order chi connectivity index (χ1) is 13.9. The number of fused-ring (bicyclic) bond motifs is 1. The van der Waals surface area contributed by atoms with Gasteiger partial charge in [0.1, 0.15) is 5.82 Å². The maximum absolute atomic E-state index is 14.7. The molecule has 0 amide bonds. The molecule has 0 saturated heterocycles. The monoisotopic (exact) mass is 427 g/mol. The molecule has 2 aromatic carbocycles. The Kier molecular flexibility index (Phi) is 4.86. The molecule has 0 aliphatic heterocycles. The molecule has 0 bridgehead atoms. The summed E-state index contributed by atoms with van der Waals surface area (Å²) in [5, 5.41) is 9.47. The lowest BCUT2D eigenvalue weighted by atomic mass is 10.0. The largest absolute Gasteiger partial charge is 0.478 e. The highest BCUT2D eigenvalue weighted by atomic mass is 35.5. The van der Waals surface area contributed by atoms with E-state index < -0.39 is 17.6 Å². The van der Waals surface area contributed by atoms with E-state index in [1.165, 1.54) is 28.7 Å². The van der Waals surface area contributed by atoms with Gasteiger partial charge in [-0.05, 0) is 48.0 Å². The van der Waals surface area contributed by atoms with Crippen molar-refractivity contribution in [2.75, 3.05) is 0 Å². The maximum Gasteiger partial charge on any atom is 0.335 e. The Morgan fingerprint density at radius 3 is 2.21 bits per heavy atom. The van der Waals surface area contributed by atoms with E-state index >= 15 is 0 Å². The lowest BCUT2D eigenvalue weighted by Gasteiger charge is -2.06. The number of aromatic carboxylic acids is 1. The zero-order chi connectivity index (χ0) is 20.7. The number of ketones is 1. The molecule has 29 heavy (non-hydrogen) atoms. The van der Waals surface area contributed by atoms with Crippen LogP contribution in [0.15, 0.2) is 66.9 Å². The normalized spacial score (nSPS) is 11.0. The molecule has 0 saturated carbocycles. The number of hydrogen-bond donors (Lipinski definition) is 1. The number of rotatable bonds is 4. The van der Waals surface area contributed by atoms with Crippen LogP contribution in [0.2, 0.25) is 10.0 Å². The molecular weight excluding hydrogens is 416 g/mol. The van der Waals surface area contributed by atoms with Crippen molar-refractivity contribution >= 4 is 40.5 Å². The van der Waals surface area contributed by atoms with Crippen molar-refractivity contribution in [3.63, 3.8) is 0 Å². The van der Waals surface area contributed by atoms with E-state index in [0.717, 1.165) is 0 Å². The number of benzene rings is 2. The van der Waals surface area contributed by atoms with Gasteiger partial charge in [0, 0.05) is 11.8 Å². The number of halogens is 3. The minimum absolute atomic E-state index is 0.108. The van der Waals surface area contributed by atoms with Crippen LogP contribution in [-0.2, 0) is 0 Å². The van der Waals surface area contributed by atoms with Crippen LogP contribution in [0.4, 0.5) is 4.39 Å². The predicted molar refractivity (Wildman–Crippen MR) is 110 cm³/mol. The molecule has 4 rings (SSSR count). The molecule has 2 heterocycles. The van der Waals surface area contributed by atoms with E-state index in [0.29, 0.717) is 11.1 Å². The summed E-state index contributed by atoms with van der Waals surface area (Å²) in [5.41, 5.74) is 1.64. The second-order valence-corrected chi connectivity index (χ2v) is 7.14. The number of carboxylic acid groups (broad SMARTS) is 1. The number of nitrogens with zero attached hydrogens (tertiary/aromatic N) is 1. The summed E-state index contributed by atoms with van der Waals surface area (Å²) < 4.78 is 16.1. The van der Waals surface area contributed by atoms with Crippen LogP contribution in [-0.4, -0.2) is 21.3 Å². The number of aromatic nitrogens is 1. The van der Waals surface area contributed by atoms with Gasteiger partial charge in [0.15, 0.2) is 0 Å². The first kappa shape index (κ1) is 19.2. The van der Waals surface area contributed by atoms with Crippen LogP contribution in [0.5, 0.6) is 0 Å². The number of hydrogen-bond acceptors (Lipinski definition) is 2. The van der Waals surface area contributed by atoms with Gasteiger partial charge in [-0.25, -0.2) is 9.18 Å². The van der Waals surface area contributed by atoms with Crippen molar-refractivity contribution in [2.45, 2.75) is 0 Å². The molecule has 4 nitrogen and oxygen atoms in total. The van der Waals surface area contributed by atoms with E-state index in [-0.39, 0.29) is 32.4 Å². The average Bonchev–Trinajstić information content (AvgIpc) is 3.09. The molecule has 0 fully saturated rings. The van der Waals surface area contributed by atoms with Gasteiger partial charge in [0.05, 0.1) is 32.4 Å². The van der Waals surface area contributed by atoms with Crippen molar-refractivity contribution in [3.8, 4) is 11.1 Å². The van der Waals surface area contributed by atoms with Gasteiger partial charge >= 0.3 is 5.97 Å². The summed E-state index contributed by atoms with van der Waals surface area (Å²) in [6, 6.07) is 15.1. The van der Waals surface area contributed by atoms with E-state index in [2.05, 4.69) is 0 Å². The highest BCUT2D eigenvalue weighted by Crippen LogP contribution is 2.33. The fraction of sp³-hybridized carbons (Fsp3) is 0. The zero-order valence-electron chi connectivity index (χ0n) is 14.7. The quantitative estimate of drug-likeness (QED) is 0.407. The Hall–Kier alpha value is -3.15. The molecule has 7 heteroatoms. The SMILES string of the molecule is O=C(O)c1ccc(-c2cc(C(=O)c3c(Cl)cccc3Cl)n3cccc(F)c23)cc1. The molecule has 4 aromatic rings. The van der Waals surface area contributed by atoms with Gasteiger partial charge in [0.2, 0.25) is 5.78 Å². The predicted octanol–water partition coefficient (Wildman–Crippen LogP) is 5.98. The molecule has 0 aliphatic carbocycles. The highest BCUT2D eigenvalue weighted by Gasteiger charge is 2.23. The first-order valence-electron chi connectivity index (χ1n) is 8.50. The summed E-state index contributed by atoms with van der Waals surface area (Å²) >= 11 is 12.4. The summed E-state index contributed by atoms with van der Waals surface area (Å²) in [6.45, 7) is 0. The number of carboxylic acids is 1. The van der Waals surface area contributed by atoms with Crippen molar-refractivity contribution in [1.82, 2.24) is 4.40 Å². The second kappa shape index (κ2) is 7.35. The van der Waals surface area contributed by atoms with E-state index in [9.17, 15) is 14.0 Å². The highest BCUT2D eigenvalue weighted by molar-refractivity contribution is 6.41. The molecule has 0 radical (unpaired) electrons. The molecule has 0 aliphatic rings. The Morgan fingerprint density at radius 1 is 0.931 bits per heavy atom. The Balaban J connectivity index is 1.94. The van der Waals surface area contributed by atoms with Gasteiger partial charge in [-0.1, -0.05) is 41.4 Å². The van der Waals surface area contributed by atoms with Gasteiger partial charge in [-0.2, -0.15) is 0 Å².